The van der Waals surface area contributed by atoms with Crippen molar-refractivity contribution in [1.82, 2.24) is 40.3 Å². The van der Waals surface area contributed by atoms with Crippen molar-refractivity contribution in [2.75, 3.05) is 69.8 Å². The third-order valence-electron chi connectivity index (χ3n) is 14.4. The van der Waals surface area contributed by atoms with Gasteiger partial charge in [0.05, 0.1) is 41.2 Å². The smallest absolute Gasteiger partial charge is 0.258 e. The van der Waals surface area contributed by atoms with Crippen LogP contribution in [0.4, 0.5) is 21.8 Å². The van der Waals surface area contributed by atoms with E-state index in [-0.39, 0.29) is 43.7 Å². The van der Waals surface area contributed by atoms with Crippen molar-refractivity contribution in [2.24, 2.45) is 5.41 Å². The van der Waals surface area contributed by atoms with E-state index in [0.717, 1.165) is 73.4 Å². The summed E-state index contributed by atoms with van der Waals surface area (Å²) < 4.78 is 19.9. The van der Waals surface area contributed by atoms with E-state index in [1.54, 1.807) is 55.5 Å². The molecule has 0 unspecified atom stereocenters. The van der Waals surface area contributed by atoms with E-state index in [1.807, 2.05) is 55.4 Å². The highest BCUT2D eigenvalue weighted by Crippen LogP contribution is 2.43. The number of hydrogen-bond acceptors (Lipinski definition) is 14. The number of anilines is 3. The van der Waals surface area contributed by atoms with Gasteiger partial charge in [0.25, 0.3) is 11.8 Å². The quantitative estimate of drug-likeness (QED) is 0.0652. The molecular weight excluding hydrogens is 955 g/mol. The van der Waals surface area contributed by atoms with Crippen LogP contribution in [0.25, 0.3) is 10.4 Å². The summed E-state index contributed by atoms with van der Waals surface area (Å²) in [7, 11) is 3.28. The zero-order valence-corrected chi connectivity index (χ0v) is 42.9. The molecule has 16 nitrogen and oxygen atoms in total. The minimum absolute atomic E-state index is 0.0300. The molecule has 376 valence electrons. The van der Waals surface area contributed by atoms with Gasteiger partial charge in [0.2, 0.25) is 17.8 Å². The van der Waals surface area contributed by atoms with Gasteiger partial charge in [0.1, 0.15) is 28.7 Å². The van der Waals surface area contributed by atoms with Gasteiger partial charge in [0.15, 0.2) is 5.67 Å². The lowest BCUT2D eigenvalue weighted by Crippen LogP contribution is -2.61. The number of likely N-dealkylation sites (tertiary alicyclic amines) is 3. The Morgan fingerprint density at radius 2 is 1.74 bits per heavy atom. The van der Waals surface area contributed by atoms with Gasteiger partial charge in [-0.2, -0.15) is 16.7 Å². The van der Waals surface area contributed by atoms with Crippen molar-refractivity contribution in [3.05, 3.63) is 76.0 Å². The molecule has 1 saturated carbocycles. The number of methoxy groups -OCH3 is 1. The van der Waals surface area contributed by atoms with Crippen LogP contribution in [0.3, 0.4) is 0 Å². The molecule has 3 saturated heterocycles. The van der Waals surface area contributed by atoms with E-state index in [2.05, 4.69) is 41.1 Å². The number of carbonyl (C=O) groups excluding carboxylic acids is 4. The Labute approximate surface area is 422 Å². The number of rotatable bonds is 18. The average Bonchev–Trinajstić information content (AvgIpc) is 3.77. The number of halogens is 2. The number of alkyl halides is 1. The number of carbonyl (C=O) groups is 4. The largest absolute Gasteiger partial charge is 0.495 e. The number of aromatic nitrogens is 3. The summed E-state index contributed by atoms with van der Waals surface area (Å²) in [6, 6.07) is 11.1. The lowest BCUT2D eigenvalue weighted by Gasteiger charge is -2.47. The van der Waals surface area contributed by atoms with Crippen molar-refractivity contribution >= 4 is 75.8 Å². The maximum absolute atomic E-state index is 15.1. The molecule has 4 amide bonds. The fourth-order valence-electron chi connectivity index (χ4n) is 9.74. The number of benzene rings is 2. The fourth-order valence-corrected chi connectivity index (χ4v) is 11.9. The summed E-state index contributed by atoms with van der Waals surface area (Å²) in [5.41, 5.74) is 4.03. The maximum atomic E-state index is 15.1. The molecule has 8 rings (SSSR count). The van der Waals surface area contributed by atoms with Gasteiger partial charge in [-0.15, -0.1) is 11.3 Å². The molecule has 4 aromatic rings. The SMILES string of the molecule is CNc1nc(Nc2ccc(C(=O)N3CCC4(CCN(CCCSC(C)(C)[C@H](NC(=O)C5(F)CC5)C(=O)N5C[C@H](O)C[C@H]5C(=O)NCc5ccc(-c6scnc6C)cc5)CC4)CC3)cc2OC)ncc1Cl. The molecule has 5 N–H and O–H groups in total. The normalized spacial score (nSPS) is 20.2. The monoisotopic (exact) mass is 1020 g/mol. The van der Waals surface area contributed by atoms with Gasteiger partial charge in [0, 0.05) is 50.0 Å². The van der Waals surface area contributed by atoms with Crippen molar-refractivity contribution in [2.45, 2.75) is 107 Å². The van der Waals surface area contributed by atoms with Gasteiger partial charge < -0.3 is 45.8 Å². The summed E-state index contributed by atoms with van der Waals surface area (Å²) in [5, 5.41) is 23.0. The highest BCUT2D eigenvalue weighted by Gasteiger charge is 2.54. The summed E-state index contributed by atoms with van der Waals surface area (Å²) in [6.07, 6.45) is 5.65. The predicted octanol–water partition coefficient (Wildman–Crippen LogP) is 6.84. The number of aliphatic hydroxyl groups excluding tert-OH is 1. The lowest BCUT2D eigenvalue weighted by molar-refractivity contribution is -0.143. The summed E-state index contributed by atoms with van der Waals surface area (Å²) in [4.78, 5) is 74.9. The van der Waals surface area contributed by atoms with Crippen LogP contribution in [0.2, 0.25) is 5.02 Å². The van der Waals surface area contributed by atoms with Crippen LogP contribution in [0.5, 0.6) is 5.75 Å². The van der Waals surface area contributed by atoms with Gasteiger partial charge in [-0.05, 0) is 126 Å². The maximum Gasteiger partial charge on any atom is 0.258 e. The number of thiazole rings is 1. The molecule has 5 heterocycles. The Morgan fingerprint density at radius 1 is 1.03 bits per heavy atom. The molecule has 20 heteroatoms. The molecule has 1 aliphatic carbocycles. The summed E-state index contributed by atoms with van der Waals surface area (Å²) in [6.45, 7) is 10.0. The van der Waals surface area contributed by atoms with E-state index >= 15 is 4.39 Å². The van der Waals surface area contributed by atoms with Gasteiger partial charge in [-0.25, -0.2) is 14.4 Å². The molecule has 1 spiro atoms. The number of hydrogen-bond donors (Lipinski definition) is 5. The van der Waals surface area contributed by atoms with Crippen LogP contribution in [0.1, 0.15) is 86.8 Å². The average molecular weight is 1020 g/mol. The number of thioether (sulfide) groups is 1. The highest BCUT2D eigenvalue weighted by molar-refractivity contribution is 8.00. The Bertz CT molecular complexity index is 2530. The number of nitrogens with zero attached hydrogens (tertiary/aromatic N) is 6. The molecule has 4 aliphatic rings. The van der Waals surface area contributed by atoms with E-state index in [4.69, 9.17) is 16.3 Å². The third kappa shape index (κ3) is 11.8. The fraction of sp³-hybridized carbons (Fsp3) is 0.540. The number of piperidine rings is 2. The molecule has 70 heavy (non-hydrogen) atoms. The standard InChI is InChI=1S/C50H64ClFN10O6S2/c1-31-40(69-30-56-31)33-9-7-32(8-10-33)27-54-43(64)38-26-35(63)29-62(38)45(66)41(58-46(67)50(52)13-14-50)48(2,3)70-24-6-19-60-20-15-49(16-21-60)17-22-61(23-18-49)44(65)34-11-12-37(39(25-34)68-5)57-47-55-28-36(51)42(53-4)59-47/h7-12,25,28,30,35,38,41,63H,6,13-24,26-27,29H2,1-5H3,(H,54,64)(H,58,67)(H2,53,55,57,59)/t35-,38+,41-/m1/s1. The minimum Gasteiger partial charge on any atom is -0.495 e. The van der Waals surface area contributed by atoms with Crippen molar-refractivity contribution < 1.29 is 33.4 Å². The second kappa shape index (κ2) is 21.7. The summed E-state index contributed by atoms with van der Waals surface area (Å²) in [5.74, 6) is 0.256. The van der Waals surface area contributed by atoms with Crippen molar-refractivity contribution in [1.29, 1.82) is 0 Å². The highest BCUT2D eigenvalue weighted by atomic mass is 35.5. The zero-order valence-electron chi connectivity index (χ0n) is 40.5. The van der Waals surface area contributed by atoms with Gasteiger partial charge in [-0.1, -0.05) is 35.9 Å². The molecule has 2 aromatic heterocycles. The number of aryl methyl sites for hydroxylation is 1. The second-order valence-corrected chi connectivity index (χ2v) is 22.6. The van der Waals surface area contributed by atoms with Gasteiger partial charge in [-0.3, -0.25) is 19.2 Å². The number of nitrogens with one attached hydrogen (secondary N) is 4. The molecule has 4 fully saturated rings. The summed E-state index contributed by atoms with van der Waals surface area (Å²) >= 11 is 9.25. The molecule has 0 radical (unpaired) electrons. The first-order valence-electron chi connectivity index (χ1n) is 24.1. The van der Waals surface area contributed by atoms with E-state index in [1.165, 1.54) is 11.1 Å². The number of aliphatic hydroxyl groups is 1. The lowest BCUT2D eigenvalue weighted by atomic mass is 9.71. The van der Waals surface area contributed by atoms with Crippen LogP contribution in [0.15, 0.2) is 54.2 Å². The van der Waals surface area contributed by atoms with E-state index in [9.17, 15) is 24.3 Å². The molecule has 3 aliphatic heterocycles. The number of ether oxygens (including phenoxy) is 1. The van der Waals surface area contributed by atoms with Crippen LogP contribution >= 0.6 is 34.7 Å². The Kier molecular flexibility index (Phi) is 15.9. The first kappa shape index (κ1) is 51.3. The van der Waals surface area contributed by atoms with E-state index in [0.29, 0.717) is 52.6 Å². The Morgan fingerprint density at radius 3 is 2.40 bits per heavy atom. The van der Waals surface area contributed by atoms with E-state index < -0.39 is 46.3 Å². The van der Waals surface area contributed by atoms with Crippen LogP contribution in [-0.2, 0) is 20.9 Å². The van der Waals surface area contributed by atoms with Crippen LogP contribution in [0, 0.1) is 12.3 Å². The molecule has 0 bridgehead atoms. The first-order valence-corrected chi connectivity index (χ1v) is 26.3. The zero-order chi connectivity index (χ0) is 49.8. The third-order valence-corrected chi connectivity index (χ3v) is 17.1. The molecule has 2 aromatic carbocycles. The Hall–Kier alpha value is -5.08. The predicted molar refractivity (Wildman–Crippen MR) is 273 cm³/mol. The Balaban J connectivity index is 0.805. The number of β-amino-alcohol motifs (C(OH)–C–C–N with tert-alkyl or cyclic N) is 1. The molecule has 3 atom stereocenters. The van der Waals surface area contributed by atoms with Crippen LogP contribution in [-0.4, -0.2) is 146 Å². The van der Waals surface area contributed by atoms with Crippen LogP contribution < -0.4 is 26.0 Å². The van der Waals surface area contributed by atoms with Gasteiger partial charge >= 0.3 is 0 Å². The minimum atomic E-state index is -2.00. The second-order valence-electron chi connectivity index (χ2n) is 19.6. The van der Waals surface area contributed by atoms with Crippen molar-refractivity contribution in [3.63, 3.8) is 0 Å². The molecular formula is C50H64ClFN10O6S2. The first-order chi connectivity index (χ1) is 33.5. The topological polar surface area (TPSA) is 194 Å². The number of amides is 4. The van der Waals surface area contributed by atoms with Crippen molar-refractivity contribution in [3.8, 4) is 16.2 Å².